The number of rotatable bonds is 6. The summed E-state index contributed by atoms with van der Waals surface area (Å²) in [6, 6.07) is 14.2. The molecule has 154 valence electrons. The molecule has 0 radical (unpaired) electrons. The number of fused-ring (bicyclic) bond motifs is 1. The highest BCUT2D eigenvalue weighted by Crippen LogP contribution is 2.28. The van der Waals surface area contributed by atoms with E-state index in [4.69, 9.17) is 4.42 Å². The van der Waals surface area contributed by atoms with E-state index in [1.54, 1.807) is 6.20 Å². The van der Waals surface area contributed by atoms with Gasteiger partial charge in [-0.1, -0.05) is 69.8 Å². The Morgan fingerprint density at radius 1 is 1.10 bits per heavy atom. The van der Waals surface area contributed by atoms with Crippen LogP contribution in [0.25, 0.3) is 22.4 Å². The molecule has 2 aromatic carbocycles. The molecule has 0 saturated heterocycles. The molecular weight excluding hydrogens is 394 g/mol. The van der Waals surface area contributed by atoms with Crippen molar-refractivity contribution < 1.29 is 9.21 Å². The molecule has 0 spiro atoms. The van der Waals surface area contributed by atoms with Crippen molar-refractivity contribution in [3.05, 3.63) is 65.4 Å². The zero-order valence-electron chi connectivity index (χ0n) is 17.7. The van der Waals surface area contributed by atoms with Gasteiger partial charge in [-0.25, -0.2) is 0 Å². The largest absolute Gasteiger partial charge is 0.411 e. The average Bonchev–Trinajstić information content (AvgIpc) is 3.38. The summed E-state index contributed by atoms with van der Waals surface area (Å²) >= 11 is 1.26. The van der Waals surface area contributed by atoms with Crippen molar-refractivity contribution in [2.45, 2.75) is 44.8 Å². The number of carbonyl (C=O) groups is 1. The molecule has 0 aliphatic heterocycles. The second-order valence-corrected chi connectivity index (χ2v) is 9.23. The van der Waals surface area contributed by atoms with Crippen LogP contribution in [-0.2, 0) is 11.8 Å². The van der Waals surface area contributed by atoms with Gasteiger partial charge in [0.05, 0.1) is 5.75 Å². The van der Waals surface area contributed by atoms with Crippen LogP contribution in [-0.4, -0.2) is 26.7 Å². The van der Waals surface area contributed by atoms with Gasteiger partial charge < -0.3 is 9.40 Å². The predicted octanol–water partition coefficient (Wildman–Crippen LogP) is 6.05. The van der Waals surface area contributed by atoms with Crippen molar-refractivity contribution in [1.82, 2.24) is 15.2 Å². The summed E-state index contributed by atoms with van der Waals surface area (Å²) in [5, 5.41) is 9.59. The highest BCUT2D eigenvalue weighted by atomic mass is 32.2. The Hall–Kier alpha value is -2.86. The number of H-pyrrole nitrogens is 1. The van der Waals surface area contributed by atoms with E-state index in [0.29, 0.717) is 16.7 Å². The van der Waals surface area contributed by atoms with Gasteiger partial charge in [0.1, 0.15) is 0 Å². The molecule has 0 bridgehead atoms. The van der Waals surface area contributed by atoms with E-state index in [-0.39, 0.29) is 17.0 Å². The maximum absolute atomic E-state index is 12.8. The molecule has 0 aliphatic rings. The summed E-state index contributed by atoms with van der Waals surface area (Å²) in [7, 11) is 0. The van der Waals surface area contributed by atoms with E-state index in [9.17, 15) is 4.79 Å². The number of hydrogen-bond acceptors (Lipinski definition) is 5. The number of aromatic nitrogens is 3. The number of nitrogens with zero attached hydrogens (tertiary/aromatic N) is 2. The SMILES string of the molecule is CCc1cccc2c(C(=O)CSc3nnc(-c4ccc(C(C)(C)C)cc4)o3)c[nH]c12. The zero-order valence-corrected chi connectivity index (χ0v) is 18.5. The van der Waals surface area contributed by atoms with E-state index < -0.39 is 0 Å². The molecule has 0 amide bonds. The Morgan fingerprint density at radius 2 is 1.87 bits per heavy atom. The second kappa shape index (κ2) is 8.11. The molecule has 0 saturated carbocycles. The van der Waals surface area contributed by atoms with Gasteiger partial charge in [-0.3, -0.25) is 4.79 Å². The van der Waals surface area contributed by atoms with Crippen LogP contribution in [0.3, 0.4) is 0 Å². The van der Waals surface area contributed by atoms with Crippen molar-refractivity contribution in [1.29, 1.82) is 0 Å². The molecule has 1 N–H and O–H groups in total. The lowest BCUT2D eigenvalue weighted by molar-refractivity contribution is 0.102. The van der Waals surface area contributed by atoms with Crippen LogP contribution in [0.15, 0.2) is 58.3 Å². The van der Waals surface area contributed by atoms with Crippen LogP contribution in [0.5, 0.6) is 0 Å². The van der Waals surface area contributed by atoms with Crippen LogP contribution in [0.1, 0.15) is 49.2 Å². The van der Waals surface area contributed by atoms with Crippen LogP contribution < -0.4 is 0 Å². The lowest BCUT2D eigenvalue weighted by Gasteiger charge is -2.18. The van der Waals surface area contributed by atoms with E-state index in [1.807, 2.05) is 24.3 Å². The van der Waals surface area contributed by atoms with Crippen molar-refractivity contribution in [2.75, 3.05) is 5.75 Å². The number of benzene rings is 2. The number of Topliss-reactive ketones (excluding diaryl/α,β-unsaturated/α-hetero) is 1. The molecule has 5 nitrogen and oxygen atoms in total. The average molecular weight is 420 g/mol. The molecule has 30 heavy (non-hydrogen) atoms. The normalized spacial score (nSPS) is 11.9. The number of thioether (sulfide) groups is 1. The summed E-state index contributed by atoms with van der Waals surface area (Å²) in [4.78, 5) is 16.0. The molecular formula is C24H25N3O2S. The lowest BCUT2D eigenvalue weighted by Crippen LogP contribution is -2.10. The number of aromatic amines is 1. The Labute approximate surface area is 180 Å². The van der Waals surface area contributed by atoms with Crippen LogP contribution in [0.2, 0.25) is 0 Å². The third-order valence-electron chi connectivity index (χ3n) is 5.21. The van der Waals surface area contributed by atoms with Crippen LogP contribution in [0, 0.1) is 0 Å². The first-order chi connectivity index (χ1) is 14.4. The molecule has 0 fully saturated rings. The number of ketones is 1. The highest BCUT2D eigenvalue weighted by Gasteiger charge is 2.17. The summed E-state index contributed by atoms with van der Waals surface area (Å²) < 4.78 is 5.77. The van der Waals surface area contributed by atoms with Crippen molar-refractivity contribution in [3.8, 4) is 11.5 Å². The topological polar surface area (TPSA) is 71.8 Å². The zero-order chi connectivity index (χ0) is 21.3. The molecule has 2 aromatic heterocycles. The van der Waals surface area contributed by atoms with E-state index in [1.165, 1.54) is 22.9 Å². The Balaban J connectivity index is 1.45. The fourth-order valence-corrected chi connectivity index (χ4v) is 4.09. The molecule has 4 rings (SSSR count). The Kier molecular flexibility index (Phi) is 5.52. The van der Waals surface area contributed by atoms with Gasteiger partial charge in [-0.2, -0.15) is 0 Å². The van der Waals surface area contributed by atoms with E-state index >= 15 is 0 Å². The number of aryl methyl sites for hydroxylation is 1. The van der Waals surface area contributed by atoms with E-state index in [2.05, 4.69) is 61.1 Å². The van der Waals surface area contributed by atoms with Crippen LogP contribution >= 0.6 is 11.8 Å². The van der Waals surface area contributed by atoms with Gasteiger partial charge in [0.25, 0.3) is 5.22 Å². The van der Waals surface area contributed by atoms with Gasteiger partial charge in [-0.15, -0.1) is 10.2 Å². The molecule has 0 atom stereocenters. The minimum atomic E-state index is 0.0359. The van der Waals surface area contributed by atoms with Gasteiger partial charge in [-0.05, 0) is 35.1 Å². The maximum atomic E-state index is 12.8. The lowest BCUT2D eigenvalue weighted by atomic mass is 9.87. The van der Waals surface area contributed by atoms with Gasteiger partial charge in [0, 0.05) is 28.2 Å². The quantitative estimate of drug-likeness (QED) is 0.304. The minimum absolute atomic E-state index is 0.0359. The second-order valence-electron chi connectivity index (χ2n) is 8.31. The smallest absolute Gasteiger partial charge is 0.277 e. The summed E-state index contributed by atoms with van der Waals surface area (Å²) in [5.74, 6) is 0.743. The van der Waals surface area contributed by atoms with Crippen LogP contribution in [0.4, 0.5) is 0 Å². The number of para-hydroxylation sites is 1. The first kappa shape index (κ1) is 20.4. The highest BCUT2D eigenvalue weighted by molar-refractivity contribution is 7.99. The summed E-state index contributed by atoms with van der Waals surface area (Å²) in [6.07, 6.45) is 2.71. The molecule has 0 unspecified atom stereocenters. The predicted molar refractivity (Wildman–Crippen MR) is 121 cm³/mol. The number of nitrogens with one attached hydrogen (secondary N) is 1. The number of hydrogen-bond donors (Lipinski definition) is 1. The van der Waals surface area contributed by atoms with E-state index in [0.717, 1.165) is 22.9 Å². The standard InChI is InChI=1S/C24H25N3O2S/c1-5-15-7-6-8-18-19(13-25-21(15)18)20(28)14-30-23-27-26-22(29-23)16-9-11-17(12-10-16)24(2,3)4/h6-13,25H,5,14H2,1-4H3. The van der Waals surface area contributed by atoms with Crippen molar-refractivity contribution in [2.24, 2.45) is 0 Å². The van der Waals surface area contributed by atoms with Crippen molar-refractivity contribution >= 4 is 28.4 Å². The molecule has 6 heteroatoms. The Morgan fingerprint density at radius 3 is 2.57 bits per heavy atom. The van der Waals surface area contributed by atoms with Gasteiger partial charge in [0.15, 0.2) is 5.78 Å². The molecule has 0 aliphatic carbocycles. The molecule has 2 heterocycles. The summed E-state index contributed by atoms with van der Waals surface area (Å²) in [5.41, 5.74) is 5.15. The fraction of sp³-hybridized carbons (Fsp3) is 0.292. The number of carbonyl (C=O) groups excluding carboxylic acids is 1. The molecule has 4 aromatic rings. The first-order valence-electron chi connectivity index (χ1n) is 10.1. The monoisotopic (exact) mass is 419 g/mol. The first-order valence-corrected chi connectivity index (χ1v) is 11.0. The van der Waals surface area contributed by atoms with Gasteiger partial charge >= 0.3 is 0 Å². The fourth-order valence-electron chi connectivity index (χ4n) is 3.45. The summed E-state index contributed by atoms with van der Waals surface area (Å²) in [6.45, 7) is 8.64. The minimum Gasteiger partial charge on any atom is -0.411 e. The third-order valence-corrected chi connectivity index (χ3v) is 6.03. The Bertz CT molecular complexity index is 1180. The third kappa shape index (κ3) is 4.05. The van der Waals surface area contributed by atoms with Gasteiger partial charge in [0.2, 0.25) is 5.89 Å². The maximum Gasteiger partial charge on any atom is 0.277 e. The van der Waals surface area contributed by atoms with Crippen molar-refractivity contribution in [3.63, 3.8) is 0 Å².